The number of rotatable bonds is 4. The van der Waals surface area contributed by atoms with Crippen LogP contribution in [0, 0.1) is 17.5 Å². The van der Waals surface area contributed by atoms with Crippen LogP contribution in [0.5, 0.6) is 0 Å². The van der Waals surface area contributed by atoms with E-state index in [9.17, 15) is 13.2 Å². The summed E-state index contributed by atoms with van der Waals surface area (Å²) in [4.78, 5) is 3.91. The summed E-state index contributed by atoms with van der Waals surface area (Å²) in [6, 6.07) is 4.11. The molecule has 6 nitrogen and oxygen atoms in total. The highest BCUT2D eigenvalue weighted by atomic mass is 35.5. The zero-order valence-electron chi connectivity index (χ0n) is 14.8. The summed E-state index contributed by atoms with van der Waals surface area (Å²) in [5.74, 6) is -3.24. The van der Waals surface area contributed by atoms with Gasteiger partial charge in [-0.05, 0) is 12.1 Å². The molecule has 0 radical (unpaired) electrons. The first kappa shape index (κ1) is 18.3. The van der Waals surface area contributed by atoms with Crippen molar-refractivity contribution in [2.24, 2.45) is 14.1 Å². The molecule has 2 aromatic heterocycles. The summed E-state index contributed by atoms with van der Waals surface area (Å²) in [6.07, 6.45) is 2.88. The summed E-state index contributed by atoms with van der Waals surface area (Å²) in [6.45, 7) is 0. The molecule has 2 aromatic carbocycles. The lowest BCUT2D eigenvalue weighted by atomic mass is 10.1. The monoisotopic (exact) mass is 406 g/mol. The molecule has 0 bridgehead atoms. The Labute approximate surface area is 162 Å². The van der Waals surface area contributed by atoms with Gasteiger partial charge in [0.15, 0.2) is 17.5 Å². The fourth-order valence-corrected chi connectivity index (χ4v) is 3.12. The molecule has 2 heterocycles. The molecule has 10 heteroatoms. The number of aromatic nitrogens is 5. The van der Waals surface area contributed by atoms with Gasteiger partial charge in [0.05, 0.1) is 21.9 Å². The minimum Gasteiger partial charge on any atom is -0.352 e. The Bertz CT molecular complexity index is 1200. The van der Waals surface area contributed by atoms with Crippen LogP contribution in [-0.2, 0) is 20.5 Å². The van der Waals surface area contributed by atoms with Crippen molar-refractivity contribution in [1.82, 2.24) is 24.5 Å². The van der Waals surface area contributed by atoms with E-state index in [1.54, 1.807) is 37.1 Å². The maximum absolute atomic E-state index is 14.6. The highest BCUT2D eigenvalue weighted by Gasteiger charge is 2.21. The molecule has 4 aromatic rings. The Morgan fingerprint density at radius 3 is 2.50 bits per heavy atom. The summed E-state index contributed by atoms with van der Waals surface area (Å²) in [7, 11) is 3.38. The van der Waals surface area contributed by atoms with E-state index in [0.29, 0.717) is 11.2 Å². The maximum atomic E-state index is 14.6. The van der Waals surface area contributed by atoms with E-state index in [0.717, 1.165) is 11.5 Å². The topological polar surface area (TPSA) is 60.6 Å². The minimum atomic E-state index is -1.30. The third kappa shape index (κ3) is 3.29. The predicted octanol–water partition coefficient (Wildman–Crippen LogP) is 4.11. The average molecular weight is 407 g/mol. The molecular formula is C18H14ClF3N6. The van der Waals surface area contributed by atoms with Gasteiger partial charge in [-0.2, -0.15) is 10.2 Å². The van der Waals surface area contributed by atoms with Crippen molar-refractivity contribution in [3.05, 3.63) is 64.6 Å². The predicted molar refractivity (Wildman–Crippen MR) is 99.1 cm³/mol. The number of hydrogen-bond acceptors (Lipinski definition) is 4. The molecule has 0 amide bonds. The SMILES string of the molecule is Cn1cnc(Cc2c(F)cc(Nc3cc4cn(C)nc4cc3Cl)c(F)c2F)n1. The van der Waals surface area contributed by atoms with E-state index >= 15 is 0 Å². The molecule has 0 spiro atoms. The molecule has 4 rings (SSSR count). The van der Waals surface area contributed by atoms with Crippen LogP contribution in [0.25, 0.3) is 10.9 Å². The second-order valence-electron chi connectivity index (χ2n) is 6.34. The number of aryl methyl sites for hydroxylation is 2. The molecule has 0 fully saturated rings. The smallest absolute Gasteiger partial charge is 0.182 e. The molecule has 144 valence electrons. The highest BCUT2D eigenvalue weighted by molar-refractivity contribution is 6.34. The van der Waals surface area contributed by atoms with Gasteiger partial charge in [0.25, 0.3) is 0 Å². The van der Waals surface area contributed by atoms with Crippen LogP contribution in [0.4, 0.5) is 24.5 Å². The van der Waals surface area contributed by atoms with Gasteiger partial charge in [0.1, 0.15) is 12.1 Å². The van der Waals surface area contributed by atoms with Crippen LogP contribution in [-0.4, -0.2) is 24.5 Å². The lowest BCUT2D eigenvalue weighted by molar-refractivity contribution is 0.484. The first-order valence-corrected chi connectivity index (χ1v) is 8.60. The molecule has 0 aliphatic carbocycles. The van der Waals surface area contributed by atoms with Gasteiger partial charge in [-0.15, -0.1) is 0 Å². The van der Waals surface area contributed by atoms with E-state index < -0.39 is 23.0 Å². The van der Waals surface area contributed by atoms with Crippen LogP contribution >= 0.6 is 11.6 Å². The molecule has 0 atom stereocenters. The van der Waals surface area contributed by atoms with Crippen LogP contribution < -0.4 is 5.32 Å². The molecule has 0 aliphatic heterocycles. The quantitative estimate of drug-likeness (QED) is 0.518. The molecular weight excluding hydrogens is 393 g/mol. The number of benzene rings is 2. The van der Waals surface area contributed by atoms with Gasteiger partial charge >= 0.3 is 0 Å². The Morgan fingerprint density at radius 2 is 1.79 bits per heavy atom. The Morgan fingerprint density at radius 1 is 1.00 bits per heavy atom. The van der Waals surface area contributed by atoms with Gasteiger partial charge in [0.2, 0.25) is 0 Å². The number of anilines is 2. The summed E-state index contributed by atoms with van der Waals surface area (Å²) < 4.78 is 46.6. The lowest BCUT2D eigenvalue weighted by Crippen LogP contribution is -2.06. The van der Waals surface area contributed by atoms with Crippen molar-refractivity contribution in [3.8, 4) is 0 Å². The summed E-state index contributed by atoms with van der Waals surface area (Å²) >= 11 is 6.19. The van der Waals surface area contributed by atoms with Gasteiger partial charge in [-0.1, -0.05) is 11.6 Å². The van der Waals surface area contributed by atoms with E-state index in [1.807, 2.05) is 0 Å². The number of hydrogen-bond donors (Lipinski definition) is 1. The second-order valence-corrected chi connectivity index (χ2v) is 6.75. The summed E-state index contributed by atoms with van der Waals surface area (Å²) in [5.41, 5.74) is 0.147. The highest BCUT2D eigenvalue weighted by Crippen LogP contribution is 2.33. The minimum absolute atomic E-state index is 0.186. The number of nitrogens with zero attached hydrogens (tertiary/aromatic N) is 5. The molecule has 0 aliphatic rings. The van der Waals surface area contributed by atoms with Crippen molar-refractivity contribution >= 4 is 33.9 Å². The van der Waals surface area contributed by atoms with Crippen LogP contribution in [0.1, 0.15) is 11.4 Å². The standard InChI is InChI=1S/C18H14ClF3N6/c1-27-7-9-3-14(11(19)5-13(9)25-27)24-15-6-12(20)10(17(21)18(15)22)4-16-23-8-28(2)26-16/h3,5-8,24H,4H2,1-2H3. The van der Waals surface area contributed by atoms with Crippen molar-refractivity contribution < 1.29 is 13.2 Å². The van der Waals surface area contributed by atoms with Gasteiger partial charge in [-0.25, -0.2) is 18.2 Å². The van der Waals surface area contributed by atoms with Gasteiger partial charge in [0, 0.05) is 43.7 Å². The second kappa shape index (κ2) is 6.83. The van der Waals surface area contributed by atoms with E-state index in [2.05, 4.69) is 20.5 Å². The number of fused-ring (bicyclic) bond motifs is 1. The molecule has 0 saturated heterocycles. The molecule has 28 heavy (non-hydrogen) atoms. The molecule has 0 saturated carbocycles. The summed E-state index contributed by atoms with van der Waals surface area (Å²) in [5, 5.41) is 11.8. The van der Waals surface area contributed by atoms with Crippen molar-refractivity contribution in [2.45, 2.75) is 6.42 Å². The normalized spacial score (nSPS) is 11.4. The van der Waals surface area contributed by atoms with Gasteiger partial charge < -0.3 is 5.32 Å². The third-order valence-electron chi connectivity index (χ3n) is 4.21. The third-order valence-corrected chi connectivity index (χ3v) is 4.53. The van der Waals surface area contributed by atoms with Crippen molar-refractivity contribution in [2.75, 3.05) is 5.32 Å². The lowest BCUT2D eigenvalue weighted by Gasteiger charge is -2.12. The zero-order valence-corrected chi connectivity index (χ0v) is 15.6. The van der Waals surface area contributed by atoms with Crippen molar-refractivity contribution in [1.29, 1.82) is 0 Å². The Balaban J connectivity index is 1.70. The van der Waals surface area contributed by atoms with E-state index in [1.165, 1.54) is 11.0 Å². The van der Waals surface area contributed by atoms with Crippen molar-refractivity contribution in [3.63, 3.8) is 0 Å². The fourth-order valence-electron chi connectivity index (χ4n) is 2.92. The Hall–Kier alpha value is -3.07. The number of halogens is 4. The van der Waals surface area contributed by atoms with Gasteiger partial charge in [-0.3, -0.25) is 9.36 Å². The molecule has 0 unspecified atom stereocenters. The van der Waals surface area contributed by atoms with Crippen LogP contribution in [0.2, 0.25) is 5.02 Å². The zero-order chi connectivity index (χ0) is 20.0. The maximum Gasteiger partial charge on any atom is 0.182 e. The largest absolute Gasteiger partial charge is 0.352 e. The average Bonchev–Trinajstić information content (AvgIpc) is 3.20. The van der Waals surface area contributed by atoms with Crippen LogP contribution in [0.15, 0.2) is 30.7 Å². The van der Waals surface area contributed by atoms with E-state index in [4.69, 9.17) is 11.6 Å². The first-order chi connectivity index (χ1) is 13.3. The Kier molecular flexibility index (Phi) is 4.46. The fraction of sp³-hybridized carbons (Fsp3) is 0.167. The van der Waals surface area contributed by atoms with Crippen LogP contribution in [0.3, 0.4) is 0 Å². The number of nitrogens with one attached hydrogen (secondary N) is 1. The first-order valence-electron chi connectivity index (χ1n) is 8.22. The molecule has 1 N–H and O–H groups in total. The van der Waals surface area contributed by atoms with E-state index in [-0.39, 0.29) is 23.0 Å².